The molecule has 0 aromatic carbocycles. The van der Waals surface area contributed by atoms with Crippen LogP contribution >= 0.6 is 0 Å². The van der Waals surface area contributed by atoms with Crippen LogP contribution in [0, 0.1) is 5.92 Å². The van der Waals surface area contributed by atoms with Crippen LogP contribution in [0.25, 0.3) is 22.6 Å². The Balaban J connectivity index is 1.49. The van der Waals surface area contributed by atoms with Gasteiger partial charge in [0.2, 0.25) is 5.89 Å². The molecule has 1 aliphatic rings. The summed E-state index contributed by atoms with van der Waals surface area (Å²) in [4.78, 5) is 15.3. The first-order chi connectivity index (χ1) is 11.8. The molecule has 124 valence electrons. The van der Waals surface area contributed by atoms with Crippen molar-refractivity contribution >= 4 is 16.9 Å². The lowest BCUT2D eigenvalue weighted by Gasteiger charge is -2.32. The van der Waals surface area contributed by atoms with Gasteiger partial charge in [0.05, 0.1) is 18.4 Å². The van der Waals surface area contributed by atoms with E-state index >= 15 is 0 Å². The highest BCUT2D eigenvalue weighted by Gasteiger charge is 2.20. The molecular formula is C18H19FN4O. The van der Waals surface area contributed by atoms with E-state index < -0.39 is 0 Å². The Labute approximate surface area is 139 Å². The summed E-state index contributed by atoms with van der Waals surface area (Å²) < 4.78 is 18.2. The maximum Gasteiger partial charge on any atom is 0.228 e. The van der Waals surface area contributed by atoms with Crippen LogP contribution in [0.2, 0.25) is 0 Å². The van der Waals surface area contributed by atoms with Crippen LogP contribution in [0.4, 0.5) is 10.2 Å². The fourth-order valence-corrected chi connectivity index (χ4v) is 3.21. The molecule has 0 unspecified atom stereocenters. The van der Waals surface area contributed by atoms with Gasteiger partial charge in [-0.05, 0) is 37.3 Å². The lowest BCUT2D eigenvalue weighted by molar-refractivity contribution is 0.332. The predicted octanol–water partition coefficient (Wildman–Crippen LogP) is 3.86. The number of alkyl halides is 1. The van der Waals surface area contributed by atoms with Crippen molar-refractivity contribution in [2.24, 2.45) is 5.92 Å². The van der Waals surface area contributed by atoms with Gasteiger partial charge in [-0.15, -0.1) is 0 Å². The van der Waals surface area contributed by atoms with Crippen molar-refractivity contribution in [3.05, 3.63) is 36.8 Å². The summed E-state index contributed by atoms with van der Waals surface area (Å²) in [6.07, 6.45) is 7.92. The smallest absolute Gasteiger partial charge is 0.228 e. The Kier molecular flexibility index (Phi) is 4.11. The third-order valence-electron chi connectivity index (χ3n) is 4.64. The second kappa shape index (κ2) is 6.55. The van der Waals surface area contributed by atoms with E-state index in [-0.39, 0.29) is 6.67 Å². The van der Waals surface area contributed by atoms with E-state index in [1.54, 1.807) is 24.7 Å². The van der Waals surface area contributed by atoms with Crippen LogP contribution in [-0.2, 0) is 0 Å². The first-order valence-electron chi connectivity index (χ1n) is 8.31. The molecule has 4 heterocycles. The topological polar surface area (TPSA) is 55.1 Å². The minimum absolute atomic E-state index is 0.211. The minimum atomic E-state index is -0.211. The van der Waals surface area contributed by atoms with Crippen LogP contribution in [0.5, 0.6) is 0 Å². The van der Waals surface area contributed by atoms with Crippen molar-refractivity contribution in [3.63, 3.8) is 0 Å². The molecule has 0 N–H and O–H groups in total. The maximum absolute atomic E-state index is 12.4. The van der Waals surface area contributed by atoms with Crippen molar-refractivity contribution in [2.75, 3.05) is 24.7 Å². The normalized spacial score (nSPS) is 16.0. The standard InChI is InChI=1S/C18H19FN4O/c19-7-3-13-5-9-23(10-6-13)17-2-1-14(11-21-17)18-22-15-12-20-8-4-16(15)24-18/h1-2,4,8,11-13H,3,5-7,9-10H2. The van der Waals surface area contributed by atoms with Gasteiger partial charge in [0, 0.05) is 31.5 Å². The van der Waals surface area contributed by atoms with Crippen molar-refractivity contribution in [2.45, 2.75) is 19.3 Å². The Bertz CT molecular complexity index is 776. The summed E-state index contributed by atoms with van der Waals surface area (Å²) in [5.41, 5.74) is 2.31. The monoisotopic (exact) mass is 326 g/mol. The van der Waals surface area contributed by atoms with Crippen molar-refractivity contribution in [3.8, 4) is 11.5 Å². The van der Waals surface area contributed by atoms with Gasteiger partial charge in [-0.25, -0.2) is 9.97 Å². The highest BCUT2D eigenvalue weighted by atomic mass is 19.1. The summed E-state index contributed by atoms with van der Waals surface area (Å²) in [5.74, 6) is 2.02. The molecule has 0 aliphatic carbocycles. The number of halogens is 1. The molecule has 0 spiro atoms. The van der Waals surface area contributed by atoms with Crippen molar-refractivity contribution < 1.29 is 8.81 Å². The lowest BCUT2D eigenvalue weighted by Crippen LogP contribution is -2.34. The van der Waals surface area contributed by atoms with Crippen molar-refractivity contribution in [1.82, 2.24) is 15.0 Å². The van der Waals surface area contributed by atoms with Crippen LogP contribution in [0.1, 0.15) is 19.3 Å². The number of nitrogens with zero attached hydrogens (tertiary/aromatic N) is 4. The van der Waals surface area contributed by atoms with Crippen LogP contribution in [0.15, 0.2) is 41.2 Å². The van der Waals surface area contributed by atoms with Gasteiger partial charge >= 0.3 is 0 Å². The third kappa shape index (κ3) is 2.96. The summed E-state index contributed by atoms with van der Waals surface area (Å²) in [6.45, 7) is 1.66. The maximum atomic E-state index is 12.4. The van der Waals surface area contributed by atoms with E-state index in [0.717, 1.165) is 48.4 Å². The van der Waals surface area contributed by atoms with E-state index in [9.17, 15) is 4.39 Å². The zero-order valence-corrected chi connectivity index (χ0v) is 13.4. The van der Waals surface area contributed by atoms with Gasteiger partial charge in [-0.2, -0.15) is 0 Å². The number of anilines is 1. The molecule has 24 heavy (non-hydrogen) atoms. The molecule has 3 aromatic rings. The second-order valence-electron chi connectivity index (χ2n) is 6.18. The molecule has 4 rings (SSSR count). The van der Waals surface area contributed by atoms with E-state index in [1.807, 2.05) is 12.1 Å². The number of piperidine rings is 1. The quantitative estimate of drug-likeness (QED) is 0.728. The third-order valence-corrected chi connectivity index (χ3v) is 4.64. The molecule has 0 radical (unpaired) electrons. The first kappa shape index (κ1) is 15.1. The molecule has 1 aliphatic heterocycles. The van der Waals surface area contributed by atoms with Gasteiger partial charge in [-0.3, -0.25) is 9.37 Å². The Morgan fingerprint density at radius 2 is 2.04 bits per heavy atom. The fraction of sp³-hybridized carbons (Fsp3) is 0.389. The van der Waals surface area contributed by atoms with Gasteiger partial charge in [0.1, 0.15) is 11.3 Å². The minimum Gasteiger partial charge on any atom is -0.436 e. The second-order valence-corrected chi connectivity index (χ2v) is 6.18. The molecule has 0 amide bonds. The van der Waals surface area contributed by atoms with Gasteiger partial charge in [-0.1, -0.05) is 0 Å². The number of pyridine rings is 2. The number of oxazole rings is 1. The van der Waals surface area contributed by atoms with E-state index in [4.69, 9.17) is 4.42 Å². The summed E-state index contributed by atoms with van der Waals surface area (Å²) >= 11 is 0. The largest absolute Gasteiger partial charge is 0.436 e. The average Bonchev–Trinajstić information content (AvgIpc) is 3.07. The van der Waals surface area contributed by atoms with Crippen LogP contribution in [-0.4, -0.2) is 34.7 Å². The summed E-state index contributed by atoms with van der Waals surface area (Å²) in [7, 11) is 0. The van der Waals surface area contributed by atoms with Gasteiger partial charge in [0.25, 0.3) is 0 Å². The molecule has 6 heteroatoms. The highest BCUT2D eigenvalue weighted by molar-refractivity contribution is 5.74. The number of rotatable bonds is 4. The average molecular weight is 326 g/mol. The van der Waals surface area contributed by atoms with Gasteiger partial charge < -0.3 is 9.32 Å². The Morgan fingerprint density at radius 1 is 1.17 bits per heavy atom. The highest BCUT2D eigenvalue weighted by Crippen LogP contribution is 2.27. The van der Waals surface area contributed by atoms with E-state index in [0.29, 0.717) is 18.2 Å². The lowest BCUT2D eigenvalue weighted by atomic mass is 9.94. The molecule has 5 nitrogen and oxygen atoms in total. The molecule has 0 saturated carbocycles. The molecule has 1 saturated heterocycles. The SMILES string of the molecule is FCCC1CCN(c2ccc(-c3nc4cnccc4o3)cn2)CC1. The Morgan fingerprint density at radius 3 is 2.75 bits per heavy atom. The molecule has 0 bridgehead atoms. The van der Waals surface area contributed by atoms with Gasteiger partial charge in [0.15, 0.2) is 5.58 Å². The summed E-state index contributed by atoms with van der Waals surface area (Å²) in [5, 5.41) is 0. The molecule has 3 aromatic heterocycles. The number of hydrogen-bond acceptors (Lipinski definition) is 5. The molecule has 0 atom stereocenters. The van der Waals surface area contributed by atoms with E-state index in [1.165, 1.54) is 0 Å². The Hall–Kier alpha value is -2.50. The number of fused-ring (bicyclic) bond motifs is 1. The zero-order chi connectivity index (χ0) is 16.4. The number of hydrogen-bond donors (Lipinski definition) is 0. The van der Waals surface area contributed by atoms with Crippen molar-refractivity contribution in [1.29, 1.82) is 0 Å². The molecular weight excluding hydrogens is 307 g/mol. The van der Waals surface area contributed by atoms with Crippen LogP contribution in [0.3, 0.4) is 0 Å². The number of aromatic nitrogens is 3. The zero-order valence-electron chi connectivity index (χ0n) is 13.4. The van der Waals surface area contributed by atoms with Crippen LogP contribution < -0.4 is 4.90 Å². The van der Waals surface area contributed by atoms with E-state index in [2.05, 4.69) is 19.9 Å². The summed E-state index contributed by atoms with van der Waals surface area (Å²) in [6, 6.07) is 5.78. The predicted molar refractivity (Wildman–Crippen MR) is 90.6 cm³/mol. The first-order valence-corrected chi connectivity index (χ1v) is 8.31. The fourth-order valence-electron chi connectivity index (χ4n) is 3.21. The molecule has 1 fully saturated rings.